The molecule has 2 aliphatic heterocycles. The van der Waals surface area contributed by atoms with E-state index in [2.05, 4.69) is 27.2 Å². The zero-order valence-corrected chi connectivity index (χ0v) is 25.9. The molecule has 1 aromatic carbocycles. The summed E-state index contributed by atoms with van der Waals surface area (Å²) in [5.41, 5.74) is 0.266. The maximum atomic E-state index is 15.8. The molecule has 2 saturated heterocycles. The Morgan fingerprint density at radius 3 is 2.64 bits per heavy atom. The first-order valence-electron chi connectivity index (χ1n) is 15.4. The number of halogens is 3. The average molecular weight is 634 g/mol. The summed E-state index contributed by atoms with van der Waals surface area (Å²) in [6.07, 6.45) is 6.29. The second kappa shape index (κ2) is 13.6. The van der Waals surface area contributed by atoms with Gasteiger partial charge in [-0.25, -0.2) is 23.1 Å². The molecule has 2 aromatic heterocycles. The van der Waals surface area contributed by atoms with Crippen molar-refractivity contribution in [2.75, 3.05) is 29.9 Å². The third-order valence-electron chi connectivity index (χ3n) is 8.97. The largest absolute Gasteiger partial charge is 0.363 e. The van der Waals surface area contributed by atoms with E-state index in [0.29, 0.717) is 80.6 Å². The van der Waals surface area contributed by atoms with Gasteiger partial charge in [0, 0.05) is 35.6 Å². The van der Waals surface area contributed by atoms with Crippen LogP contribution in [0.2, 0.25) is 0 Å². The van der Waals surface area contributed by atoms with Gasteiger partial charge in [0.2, 0.25) is 0 Å². The average Bonchev–Trinajstić information content (AvgIpc) is 2.99. The number of rotatable bonds is 11. The smallest absolute Gasteiger partial charge is 0.276 e. The summed E-state index contributed by atoms with van der Waals surface area (Å²) in [5.74, 6) is -3.76. The van der Waals surface area contributed by atoms with Gasteiger partial charge in [0.1, 0.15) is 23.6 Å². The van der Waals surface area contributed by atoms with Gasteiger partial charge < -0.3 is 10.6 Å². The first-order chi connectivity index (χ1) is 21.0. The van der Waals surface area contributed by atoms with Crippen molar-refractivity contribution >= 4 is 27.4 Å². The number of nitrogens with one attached hydrogen (secondary N) is 2. The SMILES string of the molecule is C=CCCCn1c(=O)c(C2CCS(O)(O)CC2)cc2c(NC(C)c3cccc(C(F)(F)CC4CCNCC4)c3F)ncnc21. The lowest BCUT2D eigenvalue weighted by atomic mass is 9.88. The minimum absolute atomic E-state index is 0.0938. The molecule has 0 radical (unpaired) electrons. The molecular formula is C32H42F3N5O3S. The zero-order chi connectivity index (χ0) is 31.5. The molecule has 240 valence electrons. The number of pyridine rings is 1. The number of aromatic nitrogens is 3. The van der Waals surface area contributed by atoms with Crippen molar-refractivity contribution in [3.63, 3.8) is 0 Å². The molecule has 0 amide bonds. The molecule has 1 unspecified atom stereocenters. The fourth-order valence-corrected chi connectivity index (χ4v) is 7.97. The molecule has 3 aromatic rings. The molecule has 0 bridgehead atoms. The third-order valence-corrected chi connectivity index (χ3v) is 10.8. The van der Waals surface area contributed by atoms with Crippen LogP contribution in [0.5, 0.6) is 0 Å². The van der Waals surface area contributed by atoms with E-state index >= 15 is 13.2 Å². The molecule has 0 aliphatic carbocycles. The van der Waals surface area contributed by atoms with Gasteiger partial charge in [-0.1, -0.05) is 24.3 Å². The Morgan fingerprint density at radius 1 is 1.20 bits per heavy atom. The molecular weight excluding hydrogens is 591 g/mol. The number of nitrogens with zero attached hydrogens (tertiary/aromatic N) is 3. The lowest BCUT2D eigenvalue weighted by Crippen LogP contribution is -2.31. The fraction of sp³-hybridized carbons (Fsp3) is 0.531. The first-order valence-corrected chi connectivity index (χ1v) is 17.3. The maximum Gasteiger partial charge on any atom is 0.276 e. The molecule has 2 aliphatic rings. The monoisotopic (exact) mass is 633 g/mol. The highest BCUT2D eigenvalue weighted by Gasteiger charge is 2.38. The van der Waals surface area contributed by atoms with Gasteiger partial charge in [0.25, 0.3) is 11.5 Å². The molecule has 1 atom stereocenters. The summed E-state index contributed by atoms with van der Waals surface area (Å²) in [4.78, 5) is 22.6. The van der Waals surface area contributed by atoms with Gasteiger partial charge in [-0.2, -0.15) is 10.6 Å². The van der Waals surface area contributed by atoms with Crippen molar-refractivity contribution in [3.8, 4) is 0 Å². The van der Waals surface area contributed by atoms with E-state index in [9.17, 15) is 13.9 Å². The highest BCUT2D eigenvalue weighted by molar-refractivity contribution is 8.24. The summed E-state index contributed by atoms with van der Waals surface area (Å²) in [5, 5.41) is 6.94. The molecule has 0 saturated carbocycles. The first kappa shape index (κ1) is 32.5. The standard InChI is InChI=1S/C32H42F3N5O3S/c1-3-4-5-15-40-30-26(18-25(31(40)41)23-11-16-44(42,43)17-12-23)29(37-20-38-30)39-21(2)24-7-6-8-27(28(24)33)32(34,35)19-22-9-13-36-14-10-22/h3,6-8,18,20-23,36,42-43H,1,4-5,9-17,19H2,2H3,(H,37,38,39). The number of hydrogen-bond donors (Lipinski definition) is 4. The van der Waals surface area contributed by atoms with Gasteiger partial charge in [-0.15, -0.1) is 6.58 Å². The number of alkyl halides is 2. The Labute approximate surface area is 257 Å². The van der Waals surface area contributed by atoms with Crippen LogP contribution in [0.4, 0.5) is 19.0 Å². The normalized spacial score (nSPS) is 19.5. The van der Waals surface area contributed by atoms with E-state index in [4.69, 9.17) is 0 Å². The van der Waals surface area contributed by atoms with Crippen LogP contribution in [-0.2, 0) is 12.5 Å². The Bertz CT molecular complexity index is 1530. The maximum absolute atomic E-state index is 15.8. The number of hydrogen-bond acceptors (Lipinski definition) is 7. The Balaban J connectivity index is 1.48. The molecule has 8 nitrogen and oxygen atoms in total. The number of allylic oxidation sites excluding steroid dienone is 1. The lowest BCUT2D eigenvalue weighted by molar-refractivity contribution is -0.0358. The zero-order valence-electron chi connectivity index (χ0n) is 25.1. The van der Waals surface area contributed by atoms with E-state index in [0.717, 1.165) is 0 Å². The van der Waals surface area contributed by atoms with Crippen LogP contribution >= 0.6 is 10.6 Å². The number of unbranched alkanes of at least 4 members (excludes halogenated alkanes) is 1. The topological polar surface area (TPSA) is 112 Å². The molecule has 5 rings (SSSR count). The second-order valence-electron chi connectivity index (χ2n) is 12.1. The van der Waals surface area contributed by atoms with Crippen LogP contribution in [0.25, 0.3) is 11.0 Å². The molecule has 12 heteroatoms. The van der Waals surface area contributed by atoms with Crippen molar-refractivity contribution in [2.24, 2.45) is 5.92 Å². The number of benzene rings is 1. The number of fused-ring (bicyclic) bond motifs is 1. The van der Waals surface area contributed by atoms with Gasteiger partial charge in [-0.3, -0.25) is 18.5 Å². The number of piperidine rings is 1. The van der Waals surface area contributed by atoms with E-state index < -0.39 is 40.4 Å². The summed E-state index contributed by atoms with van der Waals surface area (Å²) < 4.78 is 68.5. The number of aryl methyl sites for hydroxylation is 1. The fourth-order valence-electron chi connectivity index (χ4n) is 6.44. The van der Waals surface area contributed by atoms with Crippen LogP contribution in [-0.4, -0.2) is 48.2 Å². The molecule has 4 heterocycles. The quantitative estimate of drug-likeness (QED) is 0.131. The van der Waals surface area contributed by atoms with Crippen molar-refractivity contribution < 1.29 is 22.3 Å². The Hall–Kier alpha value is -2.93. The van der Waals surface area contributed by atoms with Crippen LogP contribution in [0, 0.1) is 11.7 Å². The van der Waals surface area contributed by atoms with E-state index in [-0.39, 0.29) is 34.5 Å². The van der Waals surface area contributed by atoms with Crippen LogP contribution in [0.1, 0.15) is 80.5 Å². The Morgan fingerprint density at radius 2 is 1.93 bits per heavy atom. The van der Waals surface area contributed by atoms with Crippen LogP contribution in [0.15, 0.2) is 48.0 Å². The molecule has 4 N–H and O–H groups in total. The van der Waals surface area contributed by atoms with Gasteiger partial charge >= 0.3 is 0 Å². The second-order valence-corrected chi connectivity index (χ2v) is 14.5. The predicted molar refractivity (Wildman–Crippen MR) is 170 cm³/mol. The molecule has 0 spiro atoms. The minimum Gasteiger partial charge on any atom is -0.363 e. The predicted octanol–water partition coefficient (Wildman–Crippen LogP) is 7.18. The van der Waals surface area contributed by atoms with Crippen molar-refractivity contribution in [1.29, 1.82) is 0 Å². The summed E-state index contributed by atoms with van der Waals surface area (Å²) in [7, 11) is -2.64. The molecule has 2 fully saturated rings. The summed E-state index contributed by atoms with van der Waals surface area (Å²) in [6.45, 7) is 7.22. The summed E-state index contributed by atoms with van der Waals surface area (Å²) >= 11 is 0. The Kier molecular flexibility index (Phi) is 10.0. The van der Waals surface area contributed by atoms with E-state index in [1.54, 1.807) is 23.6 Å². The number of anilines is 1. The van der Waals surface area contributed by atoms with E-state index in [1.165, 1.54) is 24.5 Å². The van der Waals surface area contributed by atoms with Crippen molar-refractivity contribution in [2.45, 2.75) is 76.3 Å². The lowest BCUT2D eigenvalue weighted by Gasteiger charge is -2.39. The molecule has 44 heavy (non-hydrogen) atoms. The highest BCUT2D eigenvalue weighted by atomic mass is 32.3. The third kappa shape index (κ3) is 7.14. The summed E-state index contributed by atoms with van der Waals surface area (Å²) in [6, 6.07) is 5.15. The van der Waals surface area contributed by atoms with Crippen LogP contribution < -0.4 is 16.2 Å². The van der Waals surface area contributed by atoms with Crippen LogP contribution in [0.3, 0.4) is 0 Å². The van der Waals surface area contributed by atoms with Crippen molar-refractivity contribution in [3.05, 3.63) is 76.1 Å². The van der Waals surface area contributed by atoms with Gasteiger partial charge in [0.05, 0.1) is 17.0 Å². The van der Waals surface area contributed by atoms with Gasteiger partial charge in [0.15, 0.2) is 0 Å². The van der Waals surface area contributed by atoms with E-state index in [1.807, 2.05) is 0 Å². The minimum atomic E-state index is -3.30. The van der Waals surface area contributed by atoms with Crippen molar-refractivity contribution in [1.82, 2.24) is 19.9 Å². The highest BCUT2D eigenvalue weighted by Crippen LogP contribution is 2.48. The van der Waals surface area contributed by atoms with Gasteiger partial charge in [-0.05, 0) is 76.4 Å².